The zero-order chi connectivity index (χ0) is 32.9. The molecule has 13 nitrogen and oxygen atoms in total. The Hall–Kier alpha value is -4.62. The van der Waals surface area contributed by atoms with Crippen molar-refractivity contribution in [1.29, 1.82) is 0 Å². The van der Waals surface area contributed by atoms with Gasteiger partial charge in [-0.2, -0.15) is 0 Å². The van der Waals surface area contributed by atoms with Crippen LogP contribution in [0, 0.1) is 0 Å². The van der Waals surface area contributed by atoms with Crippen molar-refractivity contribution in [3.63, 3.8) is 0 Å². The minimum atomic E-state index is -0.926. The number of amides is 1. The second kappa shape index (κ2) is 28.6. The minimum Gasteiger partial charge on any atom is -0.497 e. The van der Waals surface area contributed by atoms with Crippen LogP contribution in [0.15, 0.2) is 48.5 Å². The number of nitrogens with one attached hydrogen (secondary N) is 1. The van der Waals surface area contributed by atoms with E-state index in [0.717, 1.165) is 11.3 Å². The number of aryl methyl sites for hydroxylation is 1. The molecule has 0 spiro atoms. The van der Waals surface area contributed by atoms with Crippen LogP contribution in [0.2, 0.25) is 0 Å². The molecule has 0 aliphatic heterocycles. The molecule has 0 fully saturated rings. The third-order valence-corrected chi connectivity index (χ3v) is 5.46. The Balaban J connectivity index is -0.000000602. The maximum Gasteiger partial charge on any atom is 0.331 e. The van der Waals surface area contributed by atoms with Gasteiger partial charge in [-0.1, -0.05) is 54.0 Å². The molecule has 48 heavy (non-hydrogen) atoms. The number of benzene rings is 2. The van der Waals surface area contributed by atoms with Crippen molar-refractivity contribution in [2.45, 2.75) is 81.7 Å². The van der Waals surface area contributed by atoms with Crippen molar-refractivity contribution in [2.75, 3.05) is 34.9 Å². The van der Waals surface area contributed by atoms with Crippen molar-refractivity contribution in [3.05, 3.63) is 59.7 Å². The van der Waals surface area contributed by atoms with Gasteiger partial charge in [0, 0.05) is 27.1 Å². The van der Waals surface area contributed by atoms with E-state index in [1.165, 1.54) is 28.1 Å². The summed E-state index contributed by atoms with van der Waals surface area (Å²) in [5.41, 5.74) is 1.67. The molecule has 2 rings (SSSR count). The van der Waals surface area contributed by atoms with Gasteiger partial charge >= 0.3 is 17.9 Å². The quantitative estimate of drug-likeness (QED) is 0.102. The average Bonchev–Trinajstić information content (AvgIpc) is 2.98. The molecular formula is C35H55NO12. The van der Waals surface area contributed by atoms with Gasteiger partial charge in [0.25, 0.3) is 0 Å². The minimum absolute atomic E-state index is 0. The molecule has 0 aliphatic carbocycles. The first-order valence-corrected chi connectivity index (χ1v) is 13.5. The molecule has 1 N–H and O–H groups in total. The smallest absolute Gasteiger partial charge is 0.331 e. The van der Waals surface area contributed by atoms with E-state index in [-0.39, 0.29) is 92.2 Å². The summed E-state index contributed by atoms with van der Waals surface area (Å²) in [6.07, 6.45) is 0.362. The Labute approximate surface area is 285 Å². The third-order valence-electron chi connectivity index (χ3n) is 5.46. The molecule has 1 unspecified atom stereocenters. The second-order valence-corrected chi connectivity index (χ2v) is 9.34. The summed E-state index contributed by atoms with van der Waals surface area (Å²) in [5, 5.41) is 2.72. The van der Waals surface area contributed by atoms with Crippen LogP contribution in [0.1, 0.15) is 73.9 Å². The Bertz CT molecular complexity index is 1230. The highest BCUT2D eigenvalue weighted by atomic mass is 16.7. The third kappa shape index (κ3) is 22.8. The topological polar surface area (TPSA) is 170 Å². The molecule has 0 radical (unpaired) electrons. The number of ether oxygens (including phenoxy) is 6. The van der Waals surface area contributed by atoms with Gasteiger partial charge in [-0.15, -0.1) is 0 Å². The van der Waals surface area contributed by atoms with Crippen LogP contribution in [0.5, 0.6) is 11.5 Å². The molecule has 13 heteroatoms. The van der Waals surface area contributed by atoms with E-state index in [4.69, 9.17) is 18.9 Å². The van der Waals surface area contributed by atoms with Crippen LogP contribution in [0.25, 0.3) is 0 Å². The van der Waals surface area contributed by atoms with Gasteiger partial charge in [-0.25, -0.2) is 4.79 Å². The normalized spacial score (nSPS) is 9.85. The standard InChI is InChI=1S/C25H29NO8.C6H10O4.4CH4/c1-17(27)14-24(29)34-21-11-6-19(7-12-21)15-22(25(30)33-16-31-2)26-23(28)13-8-18-4-9-20(32-3)10-5-18;1-5(7)3-6(8)10-4-9-2;;;;/h4-7,9-12,22H,8,13-16H2,1-3H3,(H,26,28);3-4H2,1-2H3;4*1H4. The number of rotatable bonds is 17. The van der Waals surface area contributed by atoms with E-state index in [0.29, 0.717) is 12.0 Å². The summed E-state index contributed by atoms with van der Waals surface area (Å²) >= 11 is 0. The molecule has 0 saturated heterocycles. The lowest BCUT2D eigenvalue weighted by Gasteiger charge is -2.18. The highest BCUT2D eigenvalue weighted by Gasteiger charge is 2.23. The predicted octanol–water partition coefficient (Wildman–Crippen LogP) is 5.04. The summed E-state index contributed by atoms with van der Waals surface area (Å²) in [4.78, 5) is 68.4. The van der Waals surface area contributed by atoms with Gasteiger partial charge in [-0.3, -0.25) is 24.0 Å². The first-order valence-electron chi connectivity index (χ1n) is 13.5. The molecule has 272 valence electrons. The number of carbonyl (C=O) groups excluding carboxylic acids is 6. The highest BCUT2D eigenvalue weighted by Crippen LogP contribution is 2.16. The fraction of sp³-hybridized carbons (Fsp3) is 0.486. The van der Waals surface area contributed by atoms with Gasteiger partial charge in [0.2, 0.25) is 5.91 Å². The Morgan fingerprint density at radius 1 is 0.646 bits per heavy atom. The number of methoxy groups -OCH3 is 3. The first kappa shape index (κ1) is 50.2. The highest BCUT2D eigenvalue weighted by molar-refractivity contribution is 5.95. The van der Waals surface area contributed by atoms with E-state index in [9.17, 15) is 28.8 Å². The van der Waals surface area contributed by atoms with Crippen molar-refractivity contribution in [2.24, 2.45) is 0 Å². The maximum atomic E-state index is 12.5. The van der Waals surface area contributed by atoms with Gasteiger partial charge in [0.05, 0.1) is 7.11 Å². The summed E-state index contributed by atoms with van der Waals surface area (Å²) in [6, 6.07) is 12.9. The molecule has 0 aliphatic rings. The van der Waals surface area contributed by atoms with Crippen LogP contribution in [-0.4, -0.2) is 76.3 Å². The van der Waals surface area contributed by atoms with Crippen LogP contribution in [-0.2, 0) is 60.6 Å². The summed E-state index contributed by atoms with van der Waals surface area (Å²) in [7, 11) is 4.38. The van der Waals surface area contributed by atoms with Crippen molar-refractivity contribution in [3.8, 4) is 11.5 Å². The molecule has 0 saturated carbocycles. The molecule has 2 aromatic carbocycles. The van der Waals surface area contributed by atoms with E-state index >= 15 is 0 Å². The Kier molecular flexibility index (Phi) is 29.9. The van der Waals surface area contributed by atoms with Gasteiger partial charge in [0.15, 0.2) is 13.6 Å². The first-order chi connectivity index (χ1) is 21.0. The zero-order valence-corrected chi connectivity index (χ0v) is 25.5. The molecule has 1 amide bonds. The largest absolute Gasteiger partial charge is 0.497 e. The van der Waals surface area contributed by atoms with Crippen LogP contribution >= 0.6 is 0 Å². The zero-order valence-electron chi connectivity index (χ0n) is 25.5. The van der Waals surface area contributed by atoms with E-state index < -0.39 is 23.9 Å². The predicted molar refractivity (Wildman–Crippen MR) is 182 cm³/mol. The number of ketones is 2. The van der Waals surface area contributed by atoms with Gasteiger partial charge in [-0.05, 0) is 55.7 Å². The van der Waals surface area contributed by atoms with Crippen LogP contribution < -0.4 is 14.8 Å². The molecule has 0 bridgehead atoms. The number of esters is 3. The summed E-state index contributed by atoms with van der Waals surface area (Å²) in [6.45, 7) is 2.31. The monoisotopic (exact) mass is 681 g/mol. The fourth-order valence-electron chi connectivity index (χ4n) is 3.41. The Morgan fingerprint density at radius 3 is 1.62 bits per heavy atom. The molecule has 0 heterocycles. The number of hydrogen-bond acceptors (Lipinski definition) is 12. The molecule has 1 atom stereocenters. The van der Waals surface area contributed by atoms with Gasteiger partial charge < -0.3 is 33.7 Å². The van der Waals surface area contributed by atoms with Crippen molar-refractivity contribution < 1.29 is 57.2 Å². The van der Waals surface area contributed by atoms with Crippen molar-refractivity contribution >= 4 is 35.4 Å². The fourth-order valence-corrected chi connectivity index (χ4v) is 3.41. The number of Topliss-reactive ketones (excluding diaryl/α,β-unsaturated/α-hetero) is 2. The van der Waals surface area contributed by atoms with Crippen LogP contribution in [0.3, 0.4) is 0 Å². The lowest BCUT2D eigenvalue weighted by Crippen LogP contribution is -2.43. The van der Waals surface area contributed by atoms with E-state index in [1.54, 1.807) is 31.4 Å². The lowest BCUT2D eigenvalue weighted by molar-refractivity contribution is -0.158. The van der Waals surface area contributed by atoms with E-state index in [2.05, 4.69) is 14.8 Å². The average molecular weight is 682 g/mol. The van der Waals surface area contributed by atoms with E-state index in [1.807, 2.05) is 24.3 Å². The molecular weight excluding hydrogens is 626 g/mol. The molecule has 2 aromatic rings. The van der Waals surface area contributed by atoms with Crippen LogP contribution in [0.4, 0.5) is 0 Å². The Morgan fingerprint density at radius 2 is 1.12 bits per heavy atom. The lowest BCUT2D eigenvalue weighted by atomic mass is 10.0. The maximum absolute atomic E-state index is 12.5. The number of hydrogen-bond donors (Lipinski definition) is 1. The summed E-state index contributed by atoms with van der Waals surface area (Å²) < 4.78 is 28.9. The van der Waals surface area contributed by atoms with Gasteiger partial charge in [0.1, 0.15) is 41.9 Å². The number of carbonyl (C=O) groups is 6. The SMILES string of the molecule is C.C.C.C.COCOC(=O)C(Cc1ccc(OC(=O)CC(C)=O)cc1)NC(=O)CCc1ccc(OC)cc1.COCOC(=O)CC(C)=O. The van der Waals surface area contributed by atoms with Crippen molar-refractivity contribution in [1.82, 2.24) is 5.32 Å². The summed E-state index contributed by atoms with van der Waals surface area (Å²) in [5.74, 6) is -1.62. The second-order valence-electron chi connectivity index (χ2n) is 9.34. The molecule has 0 aromatic heterocycles.